The van der Waals surface area contributed by atoms with Gasteiger partial charge in [-0.25, -0.2) is 4.98 Å². The zero-order valence-electron chi connectivity index (χ0n) is 11.2. The number of anilines is 1. The van der Waals surface area contributed by atoms with Gasteiger partial charge in [-0.2, -0.15) is 4.98 Å². The highest BCUT2D eigenvalue weighted by Gasteiger charge is 2.34. The van der Waals surface area contributed by atoms with Crippen molar-refractivity contribution in [2.75, 3.05) is 12.4 Å². The van der Waals surface area contributed by atoms with Crippen LogP contribution in [0.3, 0.4) is 0 Å². The number of hydrogen-bond donors (Lipinski definition) is 2. The smallest absolute Gasteiger partial charge is 0.307 e. The van der Waals surface area contributed by atoms with E-state index in [0.29, 0.717) is 12.8 Å². The van der Waals surface area contributed by atoms with E-state index in [9.17, 15) is 9.59 Å². The maximum atomic E-state index is 12.2. The van der Waals surface area contributed by atoms with Crippen LogP contribution >= 0.6 is 11.6 Å². The summed E-state index contributed by atoms with van der Waals surface area (Å²) in [6, 6.07) is 1.40. The number of nitrogens with one attached hydrogen (secondary N) is 1. The van der Waals surface area contributed by atoms with Crippen LogP contribution in [0.2, 0.25) is 5.15 Å². The highest BCUT2D eigenvalue weighted by atomic mass is 35.5. The molecule has 0 saturated carbocycles. The van der Waals surface area contributed by atoms with Gasteiger partial charge in [-0.15, -0.1) is 0 Å². The van der Waals surface area contributed by atoms with Gasteiger partial charge in [0.1, 0.15) is 5.15 Å². The van der Waals surface area contributed by atoms with Crippen molar-refractivity contribution in [2.24, 2.45) is 11.8 Å². The van der Waals surface area contributed by atoms with E-state index in [-0.39, 0.29) is 17.0 Å². The van der Waals surface area contributed by atoms with Gasteiger partial charge in [0.25, 0.3) is 0 Å². The Bertz CT molecular complexity index is 591. The normalized spacial score (nSPS) is 20.9. The van der Waals surface area contributed by atoms with E-state index in [2.05, 4.69) is 15.3 Å². The number of nitrogens with zero attached hydrogens (tertiary/aromatic N) is 2. The Kier molecular flexibility index (Phi) is 4.74. The van der Waals surface area contributed by atoms with E-state index < -0.39 is 23.7 Å². The first kappa shape index (κ1) is 15.2. The number of methoxy groups -OCH3 is 1. The average Bonchev–Trinajstić information content (AvgIpc) is 2.46. The molecule has 8 heteroatoms. The van der Waals surface area contributed by atoms with Crippen molar-refractivity contribution in [3.05, 3.63) is 23.4 Å². The number of aromatic nitrogens is 2. The van der Waals surface area contributed by atoms with E-state index >= 15 is 0 Å². The molecule has 2 rings (SSSR count). The maximum absolute atomic E-state index is 12.2. The van der Waals surface area contributed by atoms with E-state index in [4.69, 9.17) is 21.4 Å². The maximum Gasteiger partial charge on any atom is 0.307 e. The Labute approximate surface area is 126 Å². The third-order valence-electron chi connectivity index (χ3n) is 3.20. The van der Waals surface area contributed by atoms with Gasteiger partial charge in [0, 0.05) is 6.07 Å². The van der Waals surface area contributed by atoms with E-state index in [1.54, 1.807) is 12.2 Å². The lowest BCUT2D eigenvalue weighted by Gasteiger charge is -2.23. The van der Waals surface area contributed by atoms with Gasteiger partial charge in [0.05, 0.1) is 18.9 Å². The number of allylic oxidation sites excluding steroid dienone is 2. The number of carbonyl (C=O) groups excluding carboxylic acids is 1. The summed E-state index contributed by atoms with van der Waals surface area (Å²) in [5, 5.41) is 11.8. The summed E-state index contributed by atoms with van der Waals surface area (Å²) in [5.74, 6) is -2.66. The zero-order valence-corrected chi connectivity index (χ0v) is 12.0. The third-order valence-corrected chi connectivity index (χ3v) is 3.40. The molecule has 21 heavy (non-hydrogen) atoms. The number of aliphatic carboxylic acids is 1. The Hall–Kier alpha value is -2.15. The van der Waals surface area contributed by atoms with Crippen molar-refractivity contribution >= 4 is 29.4 Å². The zero-order chi connectivity index (χ0) is 15.4. The minimum absolute atomic E-state index is 0.0111. The summed E-state index contributed by atoms with van der Waals surface area (Å²) in [6.45, 7) is 0. The fraction of sp³-hybridized carbons (Fsp3) is 0.385. The van der Waals surface area contributed by atoms with Crippen LogP contribution in [0.15, 0.2) is 18.2 Å². The number of carboxylic acid groups (broad SMARTS) is 1. The lowest BCUT2D eigenvalue weighted by Crippen LogP contribution is -2.35. The lowest BCUT2D eigenvalue weighted by molar-refractivity contribution is -0.146. The second-order valence-corrected chi connectivity index (χ2v) is 4.93. The van der Waals surface area contributed by atoms with Crippen LogP contribution in [-0.4, -0.2) is 34.1 Å². The summed E-state index contributed by atoms with van der Waals surface area (Å²) in [6.07, 6.45) is 4.25. The van der Waals surface area contributed by atoms with Crippen molar-refractivity contribution in [2.45, 2.75) is 12.8 Å². The molecule has 1 aromatic heterocycles. The molecule has 0 bridgehead atoms. The topological polar surface area (TPSA) is 101 Å². The Morgan fingerprint density at radius 1 is 1.33 bits per heavy atom. The van der Waals surface area contributed by atoms with Crippen molar-refractivity contribution in [1.82, 2.24) is 9.97 Å². The summed E-state index contributed by atoms with van der Waals surface area (Å²) in [5.41, 5.74) is 0. The highest BCUT2D eigenvalue weighted by molar-refractivity contribution is 6.29. The lowest BCUT2D eigenvalue weighted by atomic mass is 9.82. The monoisotopic (exact) mass is 311 g/mol. The van der Waals surface area contributed by atoms with Crippen LogP contribution < -0.4 is 10.1 Å². The first-order chi connectivity index (χ1) is 10.0. The molecule has 0 radical (unpaired) electrons. The van der Waals surface area contributed by atoms with Gasteiger partial charge in [0.15, 0.2) is 0 Å². The molecule has 1 heterocycles. The molecular weight excluding hydrogens is 298 g/mol. The first-order valence-corrected chi connectivity index (χ1v) is 6.66. The summed E-state index contributed by atoms with van der Waals surface area (Å²) < 4.78 is 4.93. The quantitative estimate of drug-likeness (QED) is 0.649. The van der Waals surface area contributed by atoms with Gasteiger partial charge in [0.2, 0.25) is 17.7 Å². The largest absolute Gasteiger partial charge is 0.481 e. The molecule has 112 valence electrons. The van der Waals surface area contributed by atoms with Crippen molar-refractivity contribution in [1.29, 1.82) is 0 Å². The second kappa shape index (κ2) is 6.53. The molecule has 2 atom stereocenters. The minimum atomic E-state index is -0.996. The molecule has 0 saturated heterocycles. The molecule has 1 aliphatic rings. The summed E-state index contributed by atoms with van der Waals surface area (Å²) in [7, 11) is 1.41. The number of halogens is 1. The summed E-state index contributed by atoms with van der Waals surface area (Å²) in [4.78, 5) is 31.2. The standard InChI is InChI=1S/C13H14ClN3O4/c1-21-10-6-9(14)15-13(16-10)17-11(18)7-4-2-3-5-8(7)12(19)20/h2-3,6-8H,4-5H2,1H3,(H,19,20)(H,15,16,17,18). The van der Waals surface area contributed by atoms with E-state index in [1.807, 2.05) is 0 Å². The Morgan fingerprint density at radius 2 is 2.00 bits per heavy atom. The predicted molar refractivity (Wildman–Crippen MR) is 75.2 cm³/mol. The molecule has 7 nitrogen and oxygen atoms in total. The fourth-order valence-electron chi connectivity index (χ4n) is 2.14. The molecule has 0 spiro atoms. The van der Waals surface area contributed by atoms with Crippen LogP contribution in [-0.2, 0) is 9.59 Å². The predicted octanol–water partition coefficient (Wildman–Crippen LogP) is 1.74. The molecule has 1 amide bonds. The molecule has 2 unspecified atom stereocenters. The summed E-state index contributed by atoms with van der Waals surface area (Å²) >= 11 is 5.79. The van der Waals surface area contributed by atoms with Crippen LogP contribution in [0, 0.1) is 11.8 Å². The molecular formula is C13H14ClN3O4. The van der Waals surface area contributed by atoms with E-state index in [0.717, 1.165) is 0 Å². The third kappa shape index (κ3) is 3.69. The van der Waals surface area contributed by atoms with Gasteiger partial charge in [-0.05, 0) is 12.8 Å². The van der Waals surface area contributed by atoms with Crippen molar-refractivity contribution in [3.63, 3.8) is 0 Å². The number of ether oxygens (including phenoxy) is 1. The molecule has 1 aromatic rings. The first-order valence-electron chi connectivity index (χ1n) is 6.28. The second-order valence-electron chi connectivity index (χ2n) is 4.54. The van der Waals surface area contributed by atoms with Gasteiger partial charge >= 0.3 is 5.97 Å². The van der Waals surface area contributed by atoms with Gasteiger partial charge < -0.3 is 9.84 Å². The number of carboxylic acids is 1. The molecule has 0 aromatic carbocycles. The molecule has 1 aliphatic carbocycles. The van der Waals surface area contributed by atoms with Crippen LogP contribution in [0.5, 0.6) is 5.88 Å². The van der Waals surface area contributed by atoms with E-state index in [1.165, 1.54) is 13.2 Å². The number of carbonyl (C=O) groups is 2. The van der Waals surface area contributed by atoms with Crippen LogP contribution in [0.1, 0.15) is 12.8 Å². The van der Waals surface area contributed by atoms with Crippen molar-refractivity contribution in [3.8, 4) is 5.88 Å². The van der Waals surface area contributed by atoms with Crippen LogP contribution in [0.4, 0.5) is 5.95 Å². The van der Waals surface area contributed by atoms with Gasteiger partial charge in [-0.1, -0.05) is 23.8 Å². The Balaban J connectivity index is 2.15. The highest BCUT2D eigenvalue weighted by Crippen LogP contribution is 2.27. The van der Waals surface area contributed by atoms with Crippen LogP contribution in [0.25, 0.3) is 0 Å². The van der Waals surface area contributed by atoms with Crippen molar-refractivity contribution < 1.29 is 19.4 Å². The SMILES string of the molecule is COc1cc(Cl)nc(NC(=O)C2CC=CCC2C(=O)O)n1. The minimum Gasteiger partial charge on any atom is -0.481 e. The fourth-order valence-corrected chi connectivity index (χ4v) is 2.31. The number of rotatable bonds is 4. The molecule has 2 N–H and O–H groups in total. The van der Waals surface area contributed by atoms with Gasteiger partial charge in [-0.3, -0.25) is 14.9 Å². The number of amides is 1. The number of hydrogen-bond acceptors (Lipinski definition) is 5. The molecule has 0 fully saturated rings. The Morgan fingerprint density at radius 3 is 2.62 bits per heavy atom. The molecule has 0 aliphatic heterocycles. The average molecular weight is 312 g/mol.